The van der Waals surface area contributed by atoms with Crippen molar-refractivity contribution in [2.24, 2.45) is 0 Å². The van der Waals surface area contributed by atoms with Gasteiger partial charge in [0, 0.05) is 19.2 Å². The van der Waals surface area contributed by atoms with Crippen molar-refractivity contribution in [1.29, 1.82) is 0 Å². The van der Waals surface area contributed by atoms with E-state index >= 15 is 0 Å². The highest BCUT2D eigenvalue weighted by molar-refractivity contribution is 7.89. The van der Waals surface area contributed by atoms with Gasteiger partial charge in [-0.25, -0.2) is 8.42 Å². The first-order valence-corrected chi connectivity index (χ1v) is 10.9. The standard InChI is InChI=1S/C21H23F3N2O4S/c1-3-26(4-2)31(28,29)17-12-9-16(10-13-17)11-14-20(27)25-18-7-5-6-8-19(18)30-15-21(22,23)24/h5-14H,3-4,15H2,1-2H3,(H,25,27)/b14-11+. The van der Waals surface area contributed by atoms with E-state index in [1.165, 1.54) is 46.8 Å². The Morgan fingerprint density at radius 3 is 2.26 bits per heavy atom. The Morgan fingerprint density at radius 2 is 1.68 bits per heavy atom. The van der Waals surface area contributed by atoms with Crippen molar-refractivity contribution in [3.8, 4) is 5.75 Å². The molecule has 6 nitrogen and oxygen atoms in total. The number of sulfonamides is 1. The Labute approximate surface area is 179 Å². The van der Waals surface area contributed by atoms with E-state index in [0.717, 1.165) is 0 Å². The molecule has 31 heavy (non-hydrogen) atoms. The number of nitrogens with zero attached hydrogens (tertiary/aromatic N) is 1. The second-order valence-corrected chi connectivity index (χ2v) is 8.32. The molecule has 2 aromatic rings. The number of nitrogens with one attached hydrogen (secondary N) is 1. The Hall–Kier alpha value is -2.85. The maximum absolute atomic E-state index is 12.5. The minimum Gasteiger partial charge on any atom is -0.482 e. The fourth-order valence-electron chi connectivity index (χ4n) is 2.67. The van der Waals surface area contributed by atoms with Crippen LogP contribution >= 0.6 is 0 Å². The van der Waals surface area contributed by atoms with Crippen LogP contribution in [0.15, 0.2) is 59.5 Å². The van der Waals surface area contributed by atoms with Gasteiger partial charge in [-0.1, -0.05) is 38.1 Å². The minimum absolute atomic E-state index is 0.0991. The topological polar surface area (TPSA) is 75.7 Å². The zero-order chi connectivity index (χ0) is 23.1. The number of carbonyl (C=O) groups excluding carboxylic acids is 1. The number of carbonyl (C=O) groups is 1. The van der Waals surface area contributed by atoms with Gasteiger partial charge in [-0.15, -0.1) is 0 Å². The van der Waals surface area contributed by atoms with Gasteiger partial charge in [0.1, 0.15) is 5.75 Å². The van der Waals surface area contributed by atoms with E-state index in [9.17, 15) is 26.4 Å². The van der Waals surface area contributed by atoms with Crippen LogP contribution in [-0.2, 0) is 14.8 Å². The quantitative estimate of drug-likeness (QED) is 0.571. The predicted molar refractivity (Wildman–Crippen MR) is 112 cm³/mol. The number of para-hydroxylation sites is 2. The average molecular weight is 456 g/mol. The first kappa shape index (κ1) is 24.4. The van der Waals surface area contributed by atoms with Gasteiger partial charge in [-0.05, 0) is 35.9 Å². The zero-order valence-electron chi connectivity index (χ0n) is 17.0. The SMILES string of the molecule is CCN(CC)S(=O)(=O)c1ccc(/C=C/C(=O)Nc2ccccc2OCC(F)(F)F)cc1. The Balaban J connectivity index is 2.06. The summed E-state index contributed by atoms with van der Waals surface area (Å²) in [5.41, 5.74) is 0.678. The summed E-state index contributed by atoms with van der Waals surface area (Å²) in [6.45, 7) is 2.74. The molecule has 0 aliphatic rings. The van der Waals surface area contributed by atoms with Crippen molar-refractivity contribution in [3.05, 3.63) is 60.2 Å². The van der Waals surface area contributed by atoms with Crippen LogP contribution in [0.3, 0.4) is 0 Å². The van der Waals surface area contributed by atoms with Crippen LogP contribution in [0.4, 0.5) is 18.9 Å². The largest absolute Gasteiger partial charge is 0.482 e. The third-order valence-electron chi connectivity index (χ3n) is 4.19. The van der Waals surface area contributed by atoms with E-state index < -0.39 is 28.7 Å². The highest BCUT2D eigenvalue weighted by atomic mass is 32.2. The third kappa shape index (κ3) is 7.11. The fraction of sp³-hybridized carbons (Fsp3) is 0.286. The number of alkyl halides is 3. The molecule has 0 atom stereocenters. The molecule has 0 unspecified atom stereocenters. The summed E-state index contributed by atoms with van der Waals surface area (Å²) < 4.78 is 68.1. The van der Waals surface area contributed by atoms with Crippen LogP contribution in [0.1, 0.15) is 19.4 Å². The summed E-state index contributed by atoms with van der Waals surface area (Å²) >= 11 is 0. The lowest BCUT2D eigenvalue weighted by Crippen LogP contribution is -2.30. The van der Waals surface area contributed by atoms with Crippen molar-refractivity contribution in [3.63, 3.8) is 0 Å². The van der Waals surface area contributed by atoms with E-state index in [0.29, 0.717) is 18.7 Å². The first-order chi connectivity index (χ1) is 14.6. The summed E-state index contributed by atoms with van der Waals surface area (Å²) in [5, 5.41) is 2.46. The van der Waals surface area contributed by atoms with E-state index in [2.05, 4.69) is 5.32 Å². The molecule has 0 bridgehead atoms. The maximum atomic E-state index is 12.5. The number of hydrogen-bond donors (Lipinski definition) is 1. The van der Waals surface area contributed by atoms with Gasteiger partial charge in [0.05, 0.1) is 10.6 Å². The lowest BCUT2D eigenvalue weighted by atomic mass is 10.2. The number of hydrogen-bond acceptors (Lipinski definition) is 4. The predicted octanol–water partition coefficient (Wildman–Crippen LogP) is 4.31. The molecule has 0 aromatic heterocycles. The number of halogens is 3. The van der Waals surface area contributed by atoms with Crippen LogP contribution < -0.4 is 10.1 Å². The van der Waals surface area contributed by atoms with E-state index in [1.54, 1.807) is 32.0 Å². The highest BCUT2D eigenvalue weighted by Gasteiger charge is 2.28. The molecule has 0 aliphatic heterocycles. The zero-order valence-corrected chi connectivity index (χ0v) is 17.8. The average Bonchev–Trinajstić information content (AvgIpc) is 2.72. The molecular formula is C21H23F3N2O4S. The molecule has 1 amide bonds. The number of benzene rings is 2. The third-order valence-corrected chi connectivity index (χ3v) is 6.25. The van der Waals surface area contributed by atoms with Gasteiger partial charge in [0.25, 0.3) is 0 Å². The van der Waals surface area contributed by atoms with Gasteiger partial charge in [0.2, 0.25) is 15.9 Å². The smallest absolute Gasteiger partial charge is 0.422 e. The van der Waals surface area contributed by atoms with Crippen molar-refractivity contribution in [1.82, 2.24) is 4.31 Å². The van der Waals surface area contributed by atoms with Gasteiger partial charge in [-0.3, -0.25) is 4.79 Å². The molecular weight excluding hydrogens is 433 g/mol. The second-order valence-electron chi connectivity index (χ2n) is 6.38. The summed E-state index contributed by atoms with van der Waals surface area (Å²) in [6, 6.07) is 11.8. The van der Waals surface area contributed by atoms with E-state index in [4.69, 9.17) is 4.74 Å². The Kier molecular flexibility index (Phi) is 8.23. The molecule has 0 fully saturated rings. The first-order valence-electron chi connectivity index (χ1n) is 9.44. The molecule has 0 heterocycles. The molecule has 2 rings (SSSR count). The number of anilines is 1. The maximum Gasteiger partial charge on any atom is 0.422 e. The van der Waals surface area contributed by atoms with Crippen molar-refractivity contribution >= 4 is 27.7 Å². The molecule has 0 saturated carbocycles. The lowest BCUT2D eigenvalue weighted by Gasteiger charge is -2.18. The Bertz CT molecular complexity index is 1020. The summed E-state index contributed by atoms with van der Waals surface area (Å²) in [5.74, 6) is -0.685. The van der Waals surface area contributed by atoms with Crippen molar-refractivity contribution in [2.75, 3.05) is 25.0 Å². The molecule has 0 saturated heterocycles. The highest BCUT2D eigenvalue weighted by Crippen LogP contribution is 2.26. The monoisotopic (exact) mass is 456 g/mol. The summed E-state index contributed by atoms with van der Waals surface area (Å²) in [4.78, 5) is 12.3. The molecule has 0 aliphatic carbocycles. The van der Waals surface area contributed by atoms with E-state index in [-0.39, 0.29) is 16.3 Å². The normalized spacial score (nSPS) is 12.3. The number of ether oxygens (including phenoxy) is 1. The van der Waals surface area contributed by atoms with Crippen LogP contribution in [0, 0.1) is 0 Å². The molecule has 168 valence electrons. The van der Waals surface area contributed by atoms with Crippen molar-refractivity contribution < 1.29 is 31.1 Å². The van der Waals surface area contributed by atoms with Crippen LogP contribution in [0.5, 0.6) is 5.75 Å². The summed E-state index contributed by atoms with van der Waals surface area (Å²) in [7, 11) is -3.57. The Morgan fingerprint density at radius 1 is 1.06 bits per heavy atom. The summed E-state index contributed by atoms with van der Waals surface area (Å²) in [6.07, 6.45) is -1.85. The second kappa shape index (κ2) is 10.5. The van der Waals surface area contributed by atoms with Gasteiger partial charge < -0.3 is 10.1 Å². The van der Waals surface area contributed by atoms with Crippen molar-refractivity contribution in [2.45, 2.75) is 24.9 Å². The number of amides is 1. The van der Waals surface area contributed by atoms with Crippen LogP contribution in [0.25, 0.3) is 6.08 Å². The lowest BCUT2D eigenvalue weighted by molar-refractivity contribution is -0.153. The minimum atomic E-state index is -4.50. The van der Waals surface area contributed by atoms with Gasteiger partial charge in [-0.2, -0.15) is 17.5 Å². The molecule has 0 radical (unpaired) electrons. The van der Waals surface area contributed by atoms with Gasteiger partial charge in [0.15, 0.2) is 6.61 Å². The fourth-order valence-corrected chi connectivity index (χ4v) is 4.12. The molecule has 0 spiro atoms. The molecule has 1 N–H and O–H groups in total. The molecule has 2 aromatic carbocycles. The van der Waals surface area contributed by atoms with E-state index in [1.807, 2.05) is 0 Å². The van der Waals surface area contributed by atoms with Gasteiger partial charge >= 0.3 is 6.18 Å². The number of rotatable bonds is 9. The van der Waals surface area contributed by atoms with Crippen LogP contribution in [0.2, 0.25) is 0 Å². The van der Waals surface area contributed by atoms with Crippen LogP contribution in [-0.4, -0.2) is 44.5 Å². The molecule has 10 heteroatoms.